The van der Waals surface area contributed by atoms with Crippen LogP contribution in [0, 0.1) is 0 Å². The van der Waals surface area contributed by atoms with Crippen LogP contribution in [0.4, 0.5) is 0 Å². The van der Waals surface area contributed by atoms with Crippen LogP contribution in [-0.4, -0.2) is 23.7 Å². The Morgan fingerprint density at radius 3 is 2.54 bits per heavy atom. The minimum atomic E-state index is -1.61. The lowest BCUT2D eigenvalue weighted by Gasteiger charge is -2.24. The molecule has 1 unspecified atom stereocenters. The quantitative estimate of drug-likeness (QED) is 0.445. The predicted molar refractivity (Wildman–Crippen MR) is 101 cm³/mol. The van der Waals surface area contributed by atoms with Gasteiger partial charge in [0.15, 0.2) is 5.41 Å². The van der Waals surface area contributed by atoms with E-state index in [1.807, 2.05) is 6.92 Å². The van der Waals surface area contributed by atoms with Crippen molar-refractivity contribution >= 4 is 23.5 Å². The SMILES string of the molecule is CCCOC(=O)C1(C(=O)O)CCc2cc(C3CCCCCC3)c(Cl)cc21. The molecule has 2 aliphatic carbocycles. The molecular weight excluding hydrogens is 352 g/mol. The van der Waals surface area contributed by atoms with Gasteiger partial charge in [-0.25, -0.2) is 0 Å². The van der Waals surface area contributed by atoms with E-state index in [0.29, 0.717) is 29.3 Å². The van der Waals surface area contributed by atoms with E-state index in [1.165, 1.54) is 25.7 Å². The zero-order valence-corrected chi connectivity index (χ0v) is 16.1. The van der Waals surface area contributed by atoms with Crippen LogP contribution in [-0.2, 0) is 26.2 Å². The summed E-state index contributed by atoms with van der Waals surface area (Å²) in [4.78, 5) is 24.7. The highest BCUT2D eigenvalue weighted by Gasteiger charge is 2.53. The summed E-state index contributed by atoms with van der Waals surface area (Å²) in [6.07, 6.45) is 8.68. The molecule has 4 nitrogen and oxygen atoms in total. The maximum absolute atomic E-state index is 12.6. The third-order valence-electron chi connectivity index (χ3n) is 5.90. The van der Waals surface area contributed by atoms with Crippen LogP contribution >= 0.6 is 11.6 Å². The van der Waals surface area contributed by atoms with Gasteiger partial charge in [-0.15, -0.1) is 0 Å². The monoisotopic (exact) mass is 378 g/mol. The van der Waals surface area contributed by atoms with Gasteiger partial charge < -0.3 is 9.84 Å². The predicted octanol–water partition coefficient (Wildman–Crippen LogP) is 5.00. The molecule has 0 amide bonds. The van der Waals surface area contributed by atoms with Gasteiger partial charge in [0, 0.05) is 5.02 Å². The molecule has 0 saturated heterocycles. The standard InChI is InChI=1S/C21H27ClO4/c1-2-11-26-20(25)21(19(23)24)10-9-15-12-16(18(22)13-17(15)21)14-7-5-3-4-6-8-14/h12-14H,2-11H2,1H3,(H,23,24). The Bertz CT molecular complexity index is 691. The minimum absolute atomic E-state index is 0.233. The second kappa shape index (κ2) is 7.99. The normalized spacial score (nSPS) is 23.3. The van der Waals surface area contributed by atoms with E-state index in [4.69, 9.17) is 16.3 Å². The van der Waals surface area contributed by atoms with Gasteiger partial charge in [0.2, 0.25) is 0 Å². The van der Waals surface area contributed by atoms with E-state index >= 15 is 0 Å². The number of carbonyl (C=O) groups excluding carboxylic acids is 1. The van der Waals surface area contributed by atoms with Crippen molar-refractivity contribution in [2.24, 2.45) is 0 Å². The molecule has 0 aliphatic heterocycles. The van der Waals surface area contributed by atoms with Crippen LogP contribution in [0.2, 0.25) is 5.02 Å². The fraction of sp³-hybridized carbons (Fsp3) is 0.619. The van der Waals surface area contributed by atoms with Crippen LogP contribution < -0.4 is 0 Å². The number of carboxylic acid groups (broad SMARTS) is 1. The summed E-state index contributed by atoms with van der Waals surface area (Å²) < 4.78 is 5.24. The van der Waals surface area contributed by atoms with Crippen molar-refractivity contribution in [1.82, 2.24) is 0 Å². The summed E-state index contributed by atoms with van der Waals surface area (Å²) in [6.45, 7) is 2.12. The molecule has 1 fully saturated rings. The number of benzene rings is 1. The van der Waals surface area contributed by atoms with Gasteiger partial charge >= 0.3 is 11.9 Å². The van der Waals surface area contributed by atoms with Gasteiger partial charge in [0.05, 0.1) is 6.61 Å². The topological polar surface area (TPSA) is 63.6 Å². The van der Waals surface area contributed by atoms with Crippen LogP contribution in [0.1, 0.15) is 80.9 Å². The summed E-state index contributed by atoms with van der Waals surface area (Å²) in [5, 5.41) is 10.5. The fourth-order valence-corrected chi connectivity index (χ4v) is 4.76. The number of aryl methyl sites for hydroxylation is 1. The molecule has 0 heterocycles. The molecule has 1 aromatic rings. The molecule has 1 aromatic carbocycles. The van der Waals surface area contributed by atoms with Gasteiger partial charge in [0.25, 0.3) is 0 Å². The molecule has 1 saturated carbocycles. The third-order valence-corrected chi connectivity index (χ3v) is 6.22. The van der Waals surface area contributed by atoms with Gasteiger partial charge in [-0.1, -0.05) is 50.3 Å². The van der Waals surface area contributed by atoms with Gasteiger partial charge in [-0.2, -0.15) is 0 Å². The molecule has 142 valence electrons. The molecule has 1 N–H and O–H groups in total. The largest absolute Gasteiger partial charge is 0.480 e. The molecule has 0 bridgehead atoms. The Labute approximate surface area is 159 Å². The summed E-state index contributed by atoms with van der Waals surface area (Å²) >= 11 is 6.59. The number of hydrogen-bond donors (Lipinski definition) is 1. The first-order chi connectivity index (χ1) is 12.5. The van der Waals surface area contributed by atoms with Crippen molar-refractivity contribution in [2.75, 3.05) is 6.61 Å². The lowest BCUT2D eigenvalue weighted by atomic mass is 9.80. The Morgan fingerprint density at radius 1 is 1.23 bits per heavy atom. The summed E-state index contributed by atoms with van der Waals surface area (Å²) in [5.74, 6) is -1.37. The zero-order chi connectivity index (χ0) is 18.7. The molecule has 0 radical (unpaired) electrons. The highest BCUT2D eigenvalue weighted by molar-refractivity contribution is 6.31. The number of carboxylic acids is 1. The number of aliphatic carboxylic acids is 1. The first-order valence-corrected chi connectivity index (χ1v) is 10.1. The second-order valence-corrected chi connectivity index (χ2v) is 7.97. The third kappa shape index (κ3) is 3.36. The molecule has 3 rings (SSSR count). The zero-order valence-electron chi connectivity index (χ0n) is 15.4. The summed E-state index contributed by atoms with van der Waals surface area (Å²) in [7, 11) is 0. The molecule has 1 atom stereocenters. The van der Waals surface area contributed by atoms with E-state index in [2.05, 4.69) is 6.07 Å². The number of halogens is 1. The Morgan fingerprint density at radius 2 is 1.92 bits per heavy atom. The highest BCUT2D eigenvalue weighted by Crippen LogP contribution is 2.45. The highest BCUT2D eigenvalue weighted by atomic mass is 35.5. The number of esters is 1. The van der Waals surface area contributed by atoms with E-state index < -0.39 is 17.4 Å². The van der Waals surface area contributed by atoms with Gasteiger partial charge in [0.1, 0.15) is 0 Å². The second-order valence-electron chi connectivity index (χ2n) is 7.57. The van der Waals surface area contributed by atoms with Crippen LogP contribution in [0.5, 0.6) is 0 Å². The Balaban J connectivity index is 1.98. The van der Waals surface area contributed by atoms with Crippen molar-refractivity contribution in [3.05, 3.63) is 33.8 Å². The van der Waals surface area contributed by atoms with Crippen molar-refractivity contribution < 1.29 is 19.4 Å². The summed E-state index contributed by atoms with van der Waals surface area (Å²) in [5.41, 5.74) is 0.962. The molecular formula is C21H27ClO4. The Hall–Kier alpha value is -1.55. The fourth-order valence-electron chi connectivity index (χ4n) is 4.44. The van der Waals surface area contributed by atoms with Gasteiger partial charge in [-0.3, -0.25) is 9.59 Å². The first kappa shape index (κ1) is 19.2. The summed E-state index contributed by atoms with van der Waals surface area (Å²) in [6, 6.07) is 3.79. The van der Waals surface area contributed by atoms with E-state index in [1.54, 1.807) is 6.07 Å². The lowest BCUT2D eigenvalue weighted by Crippen LogP contribution is -2.43. The lowest BCUT2D eigenvalue weighted by molar-refractivity contribution is -0.161. The molecule has 5 heteroatoms. The molecule has 2 aliphatic rings. The number of ether oxygens (including phenoxy) is 1. The van der Waals surface area contributed by atoms with Crippen molar-refractivity contribution in [3.63, 3.8) is 0 Å². The minimum Gasteiger partial charge on any atom is -0.480 e. The average Bonchev–Trinajstić information content (AvgIpc) is 2.80. The number of fused-ring (bicyclic) bond motifs is 1. The maximum atomic E-state index is 12.6. The molecule has 0 aromatic heterocycles. The smallest absolute Gasteiger partial charge is 0.328 e. The number of rotatable bonds is 5. The maximum Gasteiger partial charge on any atom is 0.328 e. The number of hydrogen-bond acceptors (Lipinski definition) is 3. The average molecular weight is 379 g/mol. The van der Waals surface area contributed by atoms with Crippen molar-refractivity contribution in [3.8, 4) is 0 Å². The van der Waals surface area contributed by atoms with Crippen LogP contribution in [0.3, 0.4) is 0 Å². The molecule has 0 spiro atoms. The molecule has 26 heavy (non-hydrogen) atoms. The van der Waals surface area contributed by atoms with E-state index in [0.717, 1.165) is 24.0 Å². The van der Waals surface area contributed by atoms with Crippen LogP contribution in [0.25, 0.3) is 0 Å². The van der Waals surface area contributed by atoms with Crippen molar-refractivity contribution in [2.45, 2.75) is 76.0 Å². The van der Waals surface area contributed by atoms with E-state index in [9.17, 15) is 14.7 Å². The van der Waals surface area contributed by atoms with Crippen molar-refractivity contribution in [1.29, 1.82) is 0 Å². The first-order valence-electron chi connectivity index (χ1n) is 9.74. The van der Waals surface area contributed by atoms with E-state index in [-0.39, 0.29) is 13.0 Å². The number of carbonyl (C=O) groups is 2. The van der Waals surface area contributed by atoms with Crippen LogP contribution in [0.15, 0.2) is 12.1 Å². The Kier molecular flexibility index (Phi) is 5.91. The van der Waals surface area contributed by atoms with Gasteiger partial charge in [-0.05, 0) is 60.8 Å².